The Balaban J connectivity index is 2.23. The van der Waals surface area contributed by atoms with Crippen molar-refractivity contribution in [2.24, 2.45) is 0 Å². The third kappa shape index (κ3) is 2.35. The van der Waals surface area contributed by atoms with E-state index in [1.54, 1.807) is 0 Å². The smallest absolute Gasteiger partial charge is 0.0433 e. The van der Waals surface area contributed by atoms with Gasteiger partial charge in [0.15, 0.2) is 0 Å². The number of benzene rings is 3. The van der Waals surface area contributed by atoms with Crippen molar-refractivity contribution in [2.75, 3.05) is 0 Å². The Kier molecular flexibility index (Phi) is 4.13. The van der Waals surface area contributed by atoms with Crippen LogP contribution in [0.15, 0.2) is 50.6 Å². The molecule has 0 saturated heterocycles. The van der Waals surface area contributed by atoms with E-state index in [0.29, 0.717) is 0 Å². The summed E-state index contributed by atoms with van der Waals surface area (Å²) in [6, 6.07) is 9.01. The average Bonchev–Trinajstić information content (AvgIpc) is 3.05. The predicted molar refractivity (Wildman–Crippen MR) is 127 cm³/mol. The molecule has 0 aliphatic heterocycles. The second kappa shape index (κ2) is 6.37. The molecule has 0 atom stereocenters. The Morgan fingerprint density at radius 3 is 1.81 bits per heavy atom. The number of fused-ring (bicyclic) bond motifs is 4. The molecule has 0 aliphatic carbocycles. The first kappa shape index (κ1) is 17.5. The van der Waals surface area contributed by atoms with Gasteiger partial charge >= 0.3 is 0 Å². The van der Waals surface area contributed by atoms with E-state index in [1.807, 2.05) is 35.6 Å². The number of hydrogen-bond acceptors (Lipinski definition) is 1. The summed E-state index contributed by atoms with van der Waals surface area (Å²) >= 11 is 1.83. The lowest BCUT2D eigenvalue weighted by Gasteiger charge is -2.15. The molecule has 4 aromatic rings. The molecule has 0 spiro atoms. The number of rotatable bonds is 4. The molecule has 0 bridgehead atoms. The number of thiophene rings is 1. The van der Waals surface area contributed by atoms with Gasteiger partial charge in [-0.3, -0.25) is 0 Å². The third-order valence-electron chi connectivity index (χ3n) is 5.59. The van der Waals surface area contributed by atoms with Gasteiger partial charge in [0.1, 0.15) is 0 Å². The maximum atomic E-state index is 4.03. The van der Waals surface area contributed by atoms with Crippen LogP contribution in [0.4, 0.5) is 0 Å². The van der Waals surface area contributed by atoms with Gasteiger partial charge in [0.2, 0.25) is 0 Å². The van der Waals surface area contributed by atoms with E-state index in [0.717, 1.165) is 5.56 Å². The molecule has 0 unspecified atom stereocenters. The molecule has 4 rings (SSSR count). The topological polar surface area (TPSA) is 0 Å². The van der Waals surface area contributed by atoms with Crippen molar-refractivity contribution in [2.45, 2.75) is 13.8 Å². The van der Waals surface area contributed by atoms with Gasteiger partial charge in [-0.15, -0.1) is 11.3 Å². The second-order valence-corrected chi connectivity index (χ2v) is 7.89. The van der Waals surface area contributed by atoms with Gasteiger partial charge < -0.3 is 0 Å². The summed E-state index contributed by atoms with van der Waals surface area (Å²) in [6.45, 7) is 20.4. The number of hydrogen-bond donors (Lipinski definition) is 0. The summed E-state index contributed by atoms with van der Waals surface area (Å²) in [7, 11) is 0. The zero-order valence-corrected chi connectivity index (χ0v) is 16.7. The third-order valence-corrected chi connectivity index (χ3v) is 6.79. The van der Waals surface area contributed by atoms with Crippen molar-refractivity contribution in [1.29, 1.82) is 0 Å². The van der Waals surface area contributed by atoms with Gasteiger partial charge in [-0.25, -0.2) is 0 Å². The van der Waals surface area contributed by atoms with Gasteiger partial charge in [-0.05, 0) is 70.1 Å². The zero-order chi connectivity index (χ0) is 19.3. The predicted octanol–water partition coefficient (Wildman–Crippen LogP) is 8.40. The van der Waals surface area contributed by atoms with Crippen LogP contribution in [0, 0.1) is 13.8 Å². The molecule has 3 aromatic carbocycles. The van der Waals surface area contributed by atoms with E-state index in [1.165, 1.54) is 58.8 Å². The van der Waals surface area contributed by atoms with Gasteiger partial charge in [-0.1, -0.05) is 62.8 Å². The van der Waals surface area contributed by atoms with Gasteiger partial charge in [0, 0.05) is 20.2 Å². The molecule has 0 saturated carbocycles. The van der Waals surface area contributed by atoms with Crippen molar-refractivity contribution in [1.82, 2.24) is 0 Å². The van der Waals surface area contributed by atoms with Gasteiger partial charge in [0.05, 0.1) is 0 Å². The Hall–Kier alpha value is -2.90. The Morgan fingerprint density at radius 1 is 0.667 bits per heavy atom. The fourth-order valence-electron chi connectivity index (χ4n) is 4.15. The second-order valence-electron chi connectivity index (χ2n) is 6.84. The van der Waals surface area contributed by atoms with E-state index >= 15 is 0 Å². The van der Waals surface area contributed by atoms with E-state index in [-0.39, 0.29) is 0 Å². The van der Waals surface area contributed by atoms with E-state index in [4.69, 9.17) is 0 Å². The first-order chi connectivity index (χ1) is 13.0. The molecule has 0 radical (unpaired) electrons. The van der Waals surface area contributed by atoms with Crippen LogP contribution in [-0.4, -0.2) is 0 Å². The van der Waals surface area contributed by atoms with Crippen molar-refractivity contribution in [3.63, 3.8) is 0 Å². The zero-order valence-electron chi connectivity index (χ0n) is 15.9. The lowest BCUT2D eigenvalue weighted by molar-refractivity contribution is 1.42. The van der Waals surface area contributed by atoms with E-state index < -0.39 is 0 Å². The monoisotopic (exact) mass is 366 g/mol. The summed E-state index contributed by atoms with van der Waals surface area (Å²) in [5, 5.41) is 5.15. The lowest BCUT2D eigenvalue weighted by Crippen LogP contribution is -1.94. The van der Waals surface area contributed by atoms with Crippen LogP contribution >= 0.6 is 11.3 Å². The molecule has 0 N–H and O–H groups in total. The minimum Gasteiger partial charge on any atom is -0.135 e. The molecular formula is C26H22S. The van der Waals surface area contributed by atoms with Crippen LogP contribution in [0.1, 0.15) is 33.4 Å². The highest BCUT2D eigenvalue weighted by atomic mass is 32.1. The van der Waals surface area contributed by atoms with Crippen molar-refractivity contribution < 1.29 is 0 Å². The first-order valence-corrected chi connectivity index (χ1v) is 9.83. The fraction of sp³-hybridized carbons (Fsp3) is 0.0769. The molecule has 27 heavy (non-hydrogen) atoms. The summed E-state index contributed by atoms with van der Waals surface area (Å²) < 4.78 is 2.57. The summed E-state index contributed by atoms with van der Waals surface area (Å²) in [5.41, 5.74) is 7.17. The maximum absolute atomic E-state index is 4.03. The van der Waals surface area contributed by atoms with Crippen LogP contribution in [0.5, 0.6) is 0 Å². The minimum atomic E-state index is 1.13. The molecule has 0 amide bonds. The average molecular weight is 367 g/mol. The van der Waals surface area contributed by atoms with Crippen molar-refractivity contribution in [3.8, 4) is 0 Å². The van der Waals surface area contributed by atoms with Crippen LogP contribution < -0.4 is 0 Å². The first-order valence-electron chi connectivity index (χ1n) is 9.01. The van der Waals surface area contributed by atoms with E-state index in [9.17, 15) is 0 Å². The van der Waals surface area contributed by atoms with E-state index in [2.05, 4.69) is 64.4 Å². The normalized spacial score (nSPS) is 11.2. The standard InChI is InChI=1S/C26H22S/c1-7-17-11-12-21-24-13-22-15(5)18(8-2)19(9-3)16(6)23(22)14-25(24)27-26(21)20(17)10-4/h7-14H,1-4H2,5-6H3. The molecule has 0 fully saturated rings. The van der Waals surface area contributed by atoms with Crippen LogP contribution in [0.25, 0.3) is 55.2 Å². The Bertz CT molecular complexity index is 1300. The maximum Gasteiger partial charge on any atom is 0.0433 e. The van der Waals surface area contributed by atoms with Crippen LogP contribution in [0.3, 0.4) is 0 Å². The lowest BCUT2D eigenvalue weighted by atomic mass is 9.89. The van der Waals surface area contributed by atoms with Crippen molar-refractivity contribution in [3.05, 3.63) is 84.0 Å². The Labute approximate surface area is 164 Å². The summed E-state index contributed by atoms with van der Waals surface area (Å²) in [6.07, 6.45) is 7.73. The SMILES string of the molecule is C=Cc1ccc2c(sc3cc4c(C)c(C=C)c(C=C)c(C)c4cc32)c1C=C. The van der Waals surface area contributed by atoms with Gasteiger partial charge in [0.25, 0.3) is 0 Å². The van der Waals surface area contributed by atoms with Crippen LogP contribution in [-0.2, 0) is 0 Å². The summed E-state index contributed by atoms with van der Waals surface area (Å²) in [5.74, 6) is 0. The summed E-state index contributed by atoms with van der Waals surface area (Å²) in [4.78, 5) is 0. The largest absolute Gasteiger partial charge is 0.135 e. The Morgan fingerprint density at radius 2 is 1.26 bits per heavy atom. The highest BCUT2D eigenvalue weighted by Crippen LogP contribution is 2.42. The molecule has 1 heterocycles. The molecule has 0 aliphatic rings. The highest BCUT2D eigenvalue weighted by molar-refractivity contribution is 7.26. The van der Waals surface area contributed by atoms with Gasteiger partial charge in [-0.2, -0.15) is 0 Å². The molecular weight excluding hydrogens is 344 g/mol. The highest BCUT2D eigenvalue weighted by Gasteiger charge is 2.15. The molecule has 1 aromatic heterocycles. The molecule has 0 nitrogen and oxygen atoms in total. The number of aryl methyl sites for hydroxylation is 2. The molecule has 132 valence electrons. The van der Waals surface area contributed by atoms with Crippen molar-refractivity contribution >= 4 is 66.6 Å². The molecule has 1 heteroatoms. The van der Waals surface area contributed by atoms with Crippen LogP contribution in [0.2, 0.25) is 0 Å². The quantitative estimate of drug-likeness (QED) is 0.340. The minimum absolute atomic E-state index is 1.13. The fourth-order valence-corrected chi connectivity index (χ4v) is 5.43.